The summed E-state index contributed by atoms with van der Waals surface area (Å²) in [4.78, 5) is 0. The smallest absolute Gasteiger partial charge is 0.741 e. The van der Waals surface area contributed by atoms with Crippen molar-refractivity contribution in [3.05, 3.63) is 61.4 Å². The van der Waals surface area contributed by atoms with Crippen LogP contribution in [0.3, 0.4) is 0 Å². The summed E-state index contributed by atoms with van der Waals surface area (Å²) in [6.45, 7) is 4.29. The van der Waals surface area contributed by atoms with Gasteiger partial charge < -0.3 is 41.7 Å². The van der Waals surface area contributed by atoms with Crippen LogP contribution in [0.4, 0.5) is 13.2 Å². The van der Waals surface area contributed by atoms with Gasteiger partial charge in [0.2, 0.25) is 0 Å². The molecule has 0 saturated carbocycles. The molecule has 1 aliphatic rings. The molecule has 0 aromatic carbocycles. The molecule has 0 aromatic rings. The van der Waals surface area contributed by atoms with Gasteiger partial charge in [-0.25, -0.2) is 20.6 Å². The SMILES string of the molecule is CC#N.CC#N.CC#N.O=S(=O)([O-])C(F)(F)F.[C-]1=CC=CC1.[CH3-].[CH3-].[CH3-].[CH3-].[CH3-].[Ru+2]. The zero-order valence-corrected chi connectivity index (χ0v) is 20.0. The Hall–Kier alpha value is -1.73. The van der Waals surface area contributed by atoms with Crippen LogP contribution < -0.4 is 0 Å². The van der Waals surface area contributed by atoms with Crippen LogP contribution in [-0.2, 0) is 29.6 Å². The fraction of sp³-hybridized carbons (Fsp3) is 0.294. The van der Waals surface area contributed by atoms with Crippen LogP contribution in [0.1, 0.15) is 27.2 Å². The van der Waals surface area contributed by atoms with Crippen LogP contribution in [0, 0.1) is 77.2 Å². The molecule has 0 spiro atoms. The van der Waals surface area contributed by atoms with Gasteiger partial charge in [-0.15, -0.1) is 6.42 Å². The maximum absolute atomic E-state index is 10.7. The van der Waals surface area contributed by atoms with E-state index in [2.05, 4.69) is 12.2 Å². The minimum atomic E-state index is -6.09. The fourth-order valence-electron chi connectivity index (χ4n) is 0.340. The van der Waals surface area contributed by atoms with Crippen LogP contribution in [0.25, 0.3) is 0 Å². The summed E-state index contributed by atoms with van der Waals surface area (Å²) in [5.41, 5.74) is -5.65. The molecule has 0 radical (unpaired) electrons. The maximum atomic E-state index is 10.7. The molecule has 0 bridgehead atoms. The van der Waals surface area contributed by atoms with Crippen molar-refractivity contribution in [3.8, 4) is 18.2 Å². The van der Waals surface area contributed by atoms with E-state index >= 15 is 0 Å². The third kappa shape index (κ3) is 87.3. The molecule has 0 fully saturated rings. The zero-order chi connectivity index (χ0) is 18.7. The van der Waals surface area contributed by atoms with Gasteiger partial charge in [-0.3, -0.25) is 6.08 Å². The maximum Gasteiger partial charge on any atom is 2.00 e. The van der Waals surface area contributed by atoms with Gasteiger partial charge in [-0.05, 0) is 0 Å². The van der Waals surface area contributed by atoms with E-state index in [0.717, 1.165) is 6.42 Å². The van der Waals surface area contributed by atoms with Crippen LogP contribution in [0.2, 0.25) is 0 Å². The van der Waals surface area contributed by atoms with E-state index in [4.69, 9.17) is 28.8 Å². The zero-order valence-electron chi connectivity index (χ0n) is 17.4. The number of allylic oxidation sites excluding steroid dienone is 4. The minimum Gasteiger partial charge on any atom is -0.741 e. The Bertz CT molecular complexity index is 505. The second kappa shape index (κ2) is 44.6. The quantitative estimate of drug-likeness (QED) is 0.190. The summed E-state index contributed by atoms with van der Waals surface area (Å²) in [6.07, 6.45) is 10.0. The van der Waals surface area contributed by atoms with Gasteiger partial charge in [0, 0.05) is 20.8 Å². The van der Waals surface area contributed by atoms with Gasteiger partial charge in [0.1, 0.15) is 0 Å². The average molecular weight is 514 g/mol. The van der Waals surface area contributed by atoms with Crippen molar-refractivity contribution in [2.24, 2.45) is 0 Å². The van der Waals surface area contributed by atoms with Crippen LogP contribution >= 0.6 is 0 Å². The van der Waals surface area contributed by atoms with Gasteiger partial charge in [0.05, 0.1) is 18.2 Å². The molecule has 6 nitrogen and oxygen atoms in total. The van der Waals surface area contributed by atoms with Crippen molar-refractivity contribution in [2.45, 2.75) is 32.7 Å². The topological polar surface area (TPSA) is 129 Å². The first kappa shape index (κ1) is 63.4. The van der Waals surface area contributed by atoms with E-state index in [1.54, 1.807) is 18.2 Å². The summed E-state index contributed by atoms with van der Waals surface area (Å²) in [5.74, 6) is 0. The normalized spacial score (nSPS) is 8.00. The molecule has 1 rings (SSSR count). The molecule has 11 heteroatoms. The van der Waals surface area contributed by atoms with Crippen molar-refractivity contribution in [1.82, 2.24) is 0 Å². The Labute approximate surface area is 183 Å². The number of nitrogens with zero attached hydrogens (tertiary/aromatic N) is 3. The van der Waals surface area contributed by atoms with E-state index in [0.29, 0.717) is 0 Å². The molecular formula is C17H29F3N3O3RuS-5. The first-order chi connectivity index (χ1) is 9.99. The molecule has 0 atom stereocenters. The van der Waals surface area contributed by atoms with Crippen molar-refractivity contribution < 1.29 is 45.6 Å². The van der Waals surface area contributed by atoms with Crippen molar-refractivity contribution in [1.29, 1.82) is 15.8 Å². The first-order valence-corrected chi connectivity index (χ1v) is 6.57. The standard InChI is InChI=1S/C5H5.3C2H3N.CHF3O3S.5CH3.Ru/c1-2-4-5-3-1;3*1-2-3;2-1(3,4)8(5,6)7;;;;;;/h1-3H,4H2;3*1H3;(H,5,6,7);5*1H3;/q-1;;;;;5*-1;+2/p-1. The van der Waals surface area contributed by atoms with Crippen molar-refractivity contribution >= 4 is 10.1 Å². The van der Waals surface area contributed by atoms with Gasteiger partial charge in [0.15, 0.2) is 10.1 Å². The Morgan fingerprint density at radius 3 is 1.18 bits per heavy atom. The van der Waals surface area contributed by atoms with Gasteiger partial charge in [-0.1, -0.05) is 0 Å². The predicted octanol–water partition coefficient (Wildman–Crippen LogP) is 5.20. The second-order valence-electron chi connectivity index (χ2n) is 2.57. The molecule has 0 N–H and O–H groups in total. The molecule has 0 heterocycles. The van der Waals surface area contributed by atoms with Crippen molar-refractivity contribution in [3.63, 3.8) is 0 Å². The van der Waals surface area contributed by atoms with E-state index in [1.807, 2.05) is 12.2 Å². The van der Waals surface area contributed by atoms with Gasteiger partial charge in [0.25, 0.3) is 0 Å². The first-order valence-electron chi connectivity index (χ1n) is 5.16. The summed E-state index contributed by atoms with van der Waals surface area (Å²) < 4.78 is 58.9. The molecule has 0 aromatic heterocycles. The Morgan fingerprint density at radius 2 is 1.14 bits per heavy atom. The number of halogens is 3. The van der Waals surface area contributed by atoms with Crippen LogP contribution in [0.5, 0.6) is 0 Å². The van der Waals surface area contributed by atoms with E-state index in [-0.39, 0.29) is 56.6 Å². The van der Waals surface area contributed by atoms with Crippen molar-refractivity contribution in [2.75, 3.05) is 0 Å². The van der Waals surface area contributed by atoms with Crippen LogP contribution in [0.15, 0.2) is 18.2 Å². The fourth-order valence-corrected chi connectivity index (χ4v) is 0.340. The molecule has 0 unspecified atom stereocenters. The number of hydrogen-bond acceptors (Lipinski definition) is 6. The predicted molar refractivity (Wildman–Crippen MR) is 103 cm³/mol. The summed E-state index contributed by atoms with van der Waals surface area (Å²) >= 11 is 0. The Kier molecular flexibility index (Phi) is 101. The molecule has 28 heavy (non-hydrogen) atoms. The molecule has 170 valence electrons. The van der Waals surface area contributed by atoms with E-state index < -0.39 is 15.6 Å². The van der Waals surface area contributed by atoms with E-state index in [9.17, 15) is 13.2 Å². The largest absolute Gasteiger partial charge is 2.00 e. The Balaban J connectivity index is -0.0000000182. The molecule has 1 aliphatic carbocycles. The third-order valence-electron chi connectivity index (χ3n) is 0.869. The van der Waals surface area contributed by atoms with Gasteiger partial charge in [-0.2, -0.15) is 35.0 Å². The van der Waals surface area contributed by atoms with Gasteiger partial charge >= 0.3 is 25.0 Å². The Morgan fingerprint density at radius 1 is 0.929 bits per heavy atom. The molecule has 0 amide bonds. The third-order valence-corrected chi connectivity index (χ3v) is 1.44. The monoisotopic (exact) mass is 514 g/mol. The summed E-state index contributed by atoms with van der Waals surface area (Å²) in [6, 6.07) is 5.25. The summed E-state index contributed by atoms with van der Waals surface area (Å²) in [7, 11) is -6.09. The average Bonchev–Trinajstić information content (AvgIpc) is 2.87. The number of hydrogen-bond donors (Lipinski definition) is 0. The number of alkyl halides is 3. The summed E-state index contributed by atoms with van der Waals surface area (Å²) in [5, 5.41) is 22.0. The number of rotatable bonds is 0. The second-order valence-corrected chi connectivity index (χ2v) is 3.94. The number of nitriles is 3. The molecule has 0 saturated heterocycles. The van der Waals surface area contributed by atoms with E-state index in [1.165, 1.54) is 20.8 Å². The minimum absolute atomic E-state index is 0. The van der Waals surface area contributed by atoms with Crippen LogP contribution in [-0.4, -0.2) is 18.5 Å². The molecule has 0 aliphatic heterocycles. The molecular weight excluding hydrogens is 484 g/mol.